The third-order valence-corrected chi connectivity index (χ3v) is 5.06. The first-order chi connectivity index (χ1) is 12.8. The zero-order valence-electron chi connectivity index (χ0n) is 14.8. The molecule has 0 aliphatic carbocycles. The van der Waals surface area contributed by atoms with Crippen molar-refractivity contribution in [3.8, 4) is 11.5 Å². The van der Waals surface area contributed by atoms with E-state index < -0.39 is 0 Å². The molecule has 26 heavy (non-hydrogen) atoms. The number of fused-ring (bicyclic) bond motifs is 2. The molecule has 0 unspecified atom stereocenters. The molecule has 1 saturated heterocycles. The molecule has 5 rings (SSSR count). The molecule has 4 heterocycles. The maximum atomic E-state index is 5.89. The number of rotatable bonds is 2. The second-order valence-electron chi connectivity index (χ2n) is 6.84. The fraction of sp³-hybridized carbons (Fsp3) is 0.421. The number of ether oxygens (including phenoxy) is 2. The van der Waals surface area contributed by atoms with E-state index in [1.807, 2.05) is 17.5 Å². The van der Waals surface area contributed by atoms with E-state index in [-0.39, 0.29) is 6.04 Å². The summed E-state index contributed by atoms with van der Waals surface area (Å²) < 4.78 is 13.5. The molecular weight excluding hydrogens is 330 g/mol. The quantitative estimate of drug-likeness (QED) is 0.707. The fourth-order valence-electron chi connectivity index (χ4n) is 3.89. The Morgan fingerprint density at radius 3 is 2.88 bits per heavy atom. The highest BCUT2D eigenvalue weighted by Gasteiger charge is 2.29. The average Bonchev–Trinajstić information content (AvgIpc) is 3.25. The van der Waals surface area contributed by atoms with Crippen molar-refractivity contribution in [2.75, 3.05) is 24.7 Å². The van der Waals surface area contributed by atoms with Gasteiger partial charge in [0.2, 0.25) is 0 Å². The van der Waals surface area contributed by atoms with Gasteiger partial charge >= 0.3 is 0 Å². The first kappa shape index (κ1) is 15.4. The number of aryl methyl sites for hydroxylation is 1. The number of benzene rings is 1. The SMILES string of the molecule is Cc1cc(N2CCC[C@H]2c2ccc3c(c2)OCCCO3)n2ncnc2n1. The second-order valence-corrected chi connectivity index (χ2v) is 6.84. The van der Waals surface area contributed by atoms with Gasteiger partial charge in [0.15, 0.2) is 11.5 Å². The molecule has 1 aromatic carbocycles. The summed E-state index contributed by atoms with van der Waals surface area (Å²) in [7, 11) is 0. The first-order valence-corrected chi connectivity index (χ1v) is 9.13. The predicted octanol–water partition coefficient (Wildman–Crippen LogP) is 2.94. The highest BCUT2D eigenvalue weighted by Crippen LogP contribution is 2.40. The van der Waals surface area contributed by atoms with Crippen molar-refractivity contribution in [1.82, 2.24) is 19.6 Å². The summed E-state index contributed by atoms with van der Waals surface area (Å²) in [5, 5.41) is 4.37. The van der Waals surface area contributed by atoms with E-state index in [4.69, 9.17) is 9.47 Å². The van der Waals surface area contributed by atoms with Crippen LogP contribution in [0.15, 0.2) is 30.6 Å². The zero-order chi connectivity index (χ0) is 17.5. The Bertz CT molecular complexity index is 954. The molecule has 1 atom stereocenters. The lowest BCUT2D eigenvalue weighted by molar-refractivity contribution is 0.297. The largest absolute Gasteiger partial charge is 0.490 e. The minimum absolute atomic E-state index is 0.279. The summed E-state index contributed by atoms with van der Waals surface area (Å²) in [6, 6.07) is 8.69. The normalized spacial score (nSPS) is 19.7. The average molecular weight is 351 g/mol. The molecule has 0 N–H and O–H groups in total. The molecule has 0 radical (unpaired) electrons. The third kappa shape index (κ3) is 2.55. The van der Waals surface area contributed by atoms with Gasteiger partial charge in [-0.25, -0.2) is 4.98 Å². The molecular formula is C19H21N5O2. The Morgan fingerprint density at radius 2 is 1.96 bits per heavy atom. The molecule has 134 valence electrons. The van der Waals surface area contributed by atoms with Gasteiger partial charge in [-0.2, -0.15) is 14.6 Å². The molecule has 0 amide bonds. The molecule has 2 aliphatic rings. The van der Waals surface area contributed by atoms with Gasteiger partial charge in [-0.3, -0.25) is 0 Å². The lowest BCUT2D eigenvalue weighted by Gasteiger charge is -2.27. The highest BCUT2D eigenvalue weighted by atomic mass is 16.5. The van der Waals surface area contributed by atoms with Crippen LogP contribution in [0.4, 0.5) is 5.82 Å². The van der Waals surface area contributed by atoms with Crippen LogP contribution in [-0.4, -0.2) is 39.3 Å². The summed E-state index contributed by atoms with van der Waals surface area (Å²) in [5.74, 6) is 3.38. The summed E-state index contributed by atoms with van der Waals surface area (Å²) in [5.41, 5.74) is 2.19. The first-order valence-electron chi connectivity index (χ1n) is 9.13. The monoisotopic (exact) mass is 351 g/mol. The van der Waals surface area contributed by atoms with E-state index in [0.717, 1.165) is 48.8 Å². The molecule has 7 heteroatoms. The summed E-state index contributed by atoms with van der Waals surface area (Å²) in [6.07, 6.45) is 4.71. The van der Waals surface area contributed by atoms with Crippen LogP contribution in [0.25, 0.3) is 5.78 Å². The van der Waals surface area contributed by atoms with E-state index in [2.05, 4.69) is 38.2 Å². The van der Waals surface area contributed by atoms with Crippen molar-refractivity contribution in [3.63, 3.8) is 0 Å². The number of hydrogen-bond donors (Lipinski definition) is 0. The molecule has 0 spiro atoms. The van der Waals surface area contributed by atoms with E-state index >= 15 is 0 Å². The van der Waals surface area contributed by atoms with Crippen molar-refractivity contribution >= 4 is 11.6 Å². The smallest absolute Gasteiger partial charge is 0.254 e. The van der Waals surface area contributed by atoms with E-state index in [9.17, 15) is 0 Å². The molecule has 0 bridgehead atoms. The van der Waals surface area contributed by atoms with Crippen LogP contribution < -0.4 is 14.4 Å². The van der Waals surface area contributed by atoms with Crippen molar-refractivity contribution in [3.05, 3.63) is 41.9 Å². The summed E-state index contributed by atoms with van der Waals surface area (Å²) in [4.78, 5) is 11.1. The standard InChI is InChI=1S/C19H21N5O2/c1-13-10-18(24-19(22-13)20-12-21-24)23-7-2-4-15(23)14-5-6-16-17(11-14)26-9-3-8-25-16/h5-6,10-12,15H,2-4,7-9H2,1H3/t15-/m0/s1. The van der Waals surface area contributed by atoms with Gasteiger partial charge in [0.05, 0.1) is 19.3 Å². The second kappa shape index (κ2) is 6.16. The van der Waals surface area contributed by atoms with Crippen LogP contribution in [0, 0.1) is 6.92 Å². The molecule has 1 fully saturated rings. The predicted molar refractivity (Wildman–Crippen MR) is 96.9 cm³/mol. The molecule has 2 aliphatic heterocycles. The Kier molecular flexibility index (Phi) is 3.65. The van der Waals surface area contributed by atoms with Gasteiger partial charge in [0.1, 0.15) is 12.1 Å². The van der Waals surface area contributed by atoms with Crippen LogP contribution in [-0.2, 0) is 0 Å². The van der Waals surface area contributed by atoms with Gasteiger partial charge in [-0.15, -0.1) is 0 Å². The maximum Gasteiger partial charge on any atom is 0.254 e. The molecule has 2 aromatic heterocycles. The van der Waals surface area contributed by atoms with Crippen LogP contribution in [0.2, 0.25) is 0 Å². The highest BCUT2D eigenvalue weighted by molar-refractivity contribution is 5.52. The molecule has 0 saturated carbocycles. The van der Waals surface area contributed by atoms with Gasteiger partial charge in [0.25, 0.3) is 5.78 Å². The lowest BCUT2D eigenvalue weighted by Crippen LogP contribution is -2.25. The topological polar surface area (TPSA) is 64.8 Å². The van der Waals surface area contributed by atoms with Crippen LogP contribution >= 0.6 is 0 Å². The molecule has 3 aromatic rings. The van der Waals surface area contributed by atoms with E-state index in [1.54, 1.807) is 6.33 Å². The number of aromatic nitrogens is 4. The number of hydrogen-bond acceptors (Lipinski definition) is 6. The van der Waals surface area contributed by atoms with Crippen LogP contribution in [0.1, 0.15) is 36.6 Å². The van der Waals surface area contributed by atoms with E-state index in [1.165, 1.54) is 5.56 Å². The minimum atomic E-state index is 0.279. The Balaban J connectivity index is 1.55. The zero-order valence-corrected chi connectivity index (χ0v) is 14.8. The summed E-state index contributed by atoms with van der Waals surface area (Å²) >= 11 is 0. The van der Waals surface area contributed by atoms with Gasteiger partial charge in [-0.1, -0.05) is 6.07 Å². The van der Waals surface area contributed by atoms with Crippen molar-refractivity contribution in [2.24, 2.45) is 0 Å². The Hall–Kier alpha value is -2.83. The van der Waals surface area contributed by atoms with Gasteiger partial charge in [-0.05, 0) is 37.5 Å². The fourth-order valence-corrected chi connectivity index (χ4v) is 3.89. The molecule has 7 nitrogen and oxygen atoms in total. The van der Waals surface area contributed by atoms with E-state index in [0.29, 0.717) is 19.0 Å². The maximum absolute atomic E-state index is 5.89. The Labute approximate surface area is 151 Å². The van der Waals surface area contributed by atoms with Gasteiger partial charge < -0.3 is 14.4 Å². The summed E-state index contributed by atoms with van der Waals surface area (Å²) in [6.45, 7) is 4.39. The lowest BCUT2D eigenvalue weighted by atomic mass is 10.0. The van der Waals surface area contributed by atoms with Crippen LogP contribution in [0.5, 0.6) is 11.5 Å². The van der Waals surface area contributed by atoms with Crippen molar-refractivity contribution < 1.29 is 9.47 Å². The number of anilines is 1. The third-order valence-electron chi connectivity index (χ3n) is 5.06. The van der Waals surface area contributed by atoms with Crippen LogP contribution in [0.3, 0.4) is 0 Å². The van der Waals surface area contributed by atoms with Crippen molar-refractivity contribution in [2.45, 2.75) is 32.2 Å². The van der Waals surface area contributed by atoms with Gasteiger partial charge in [0, 0.05) is 24.7 Å². The Morgan fingerprint density at radius 1 is 1.08 bits per heavy atom. The number of nitrogens with zero attached hydrogens (tertiary/aromatic N) is 5. The minimum Gasteiger partial charge on any atom is -0.490 e. The van der Waals surface area contributed by atoms with Crippen molar-refractivity contribution in [1.29, 1.82) is 0 Å².